The van der Waals surface area contributed by atoms with Gasteiger partial charge in [0.05, 0.1) is 25.3 Å². The van der Waals surface area contributed by atoms with Crippen LogP contribution >= 0.6 is 35.7 Å². The van der Waals surface area contributed by atoms with E-state index in [2.05, 4.69) is 41.2 Å². The Morgan fingerprint density at radius 2 is 2.08 bits per heavy atom. The summed E-state index contributed by atoms with van der Waals surface area (Å²) in [6.07, 6.45) is 1.18. The normalized spacial score (nSPS) is 24.8. The van der Waals surface area contributed by atoms with Crippen molar-refractivity contribution in [3.05, 3.63) is 29.3 Å². The number of rotatable bonds is 4. The molecule has 0 radical (unpaired) electrons. The van der Waals surface area contributed by atoms with Crippen molar-refractivity contribution >= 4 is 47.4 Å². The van der Waals surface area contributed by atoms with Crippen LogP contribution in [0, 0.1) is 13.8 Å². The molecule has 1 aromatic rings. The van der Waals surface area contributed by atoms with Gasteiger partial charge in [0, 0.05) is 24.5 Å². The van der Waals surface area contributed by atoms with Crippen molar-refractivity contribution in [1.29, 1.82) is 0 Å². The van der Waals surface area contributed by atoms with Gasteiger partial charge in [-0.15, -0.1) is 24.0 Å². The number of benzene rings is 1. The lowest BCUT2D eigenvalue weighted by atomic mass is 9.96. The zero-order valence-electron chi connectivity index (χ0n) is 15.1. The molecule has 0 spiro atoms. The number of nitrogens with zero attached hydrogens (tertiary/aromatic N) is 2. The Morgan fingerprint density at radius 1 is 1.32 bits per heavy atom. The predicted molar refractivity (Wildman–Crippen MR) is 119 cm³/mol. The minimum atomic E-state index is 0. The number of aliphatic imine (C=N–C) groups is 1. The predicted octanol–water partition coefficient (Wildman–Crippen LogP) is 2.86. The van der Waals surface area contributed by atoms with E-state index in [4.69, 9.17) is 10.5 Å². The molecule has 5 nitrogen and oxygen atoms in total. The smallest absolute Gasteiger partial charge is 0.193 e. The molecule has 0 bridgehead atoms. The third-order valence-electron chi connectivity index (χ3n) is 5.09. The second kappa shape index (κ2) is 9.43. The average molecular weight is 476 g/mol. The number of ether oxygens (including phenoxy) is 1. The first-order chi connectivity index (χ1) is 11.6. The molecule has 1 aromatic carbocycles. The molecular formula is C18H29IN4OS. The van der Waals surface area contributed by atoms with Gasteiger partial charge in [-0.2, -0.15) is 11.8 Å². The average Bonchev–Trinajstić information content (AvgIpc) is 3.07. The van der Waals surface area contributed by atoms with Gasteiger partial charge < -0.3 is 15.8 Å². The van der Waals surface area contributed by atoms with Crippen molar-refractivity contribution < 1.29 is 4.74 Å². The Kier molecular flexibility index (Phi) is 7.85. The first-order valence-corrected chi connectivity index (χ1v) is 9.79. The number of morpholine rings is 1. The number of hydrogen-bond donors (Lipinski definition) is 2. The van der Waals surface area contributed by atoms with Gasteiger partial charge in [-0.3, -0.25) is 9.89 Å². The number of anilines is 1. The molecule has 3 N–H and O–H groups in total. The summed E-state index contributed by atoms with van der Waals surface area (Å²) in [5, 5.41) is 3.23. The lowest BCUT2D eigenvalue weighted by Crippen LogP contribution is -2.56. The van der Waals surface area contributed by atoms with Crippen LogP contribution in [0.25, 0.3) is 0 Å². The molecule has 25 heavy (non-hydrogen) atoms. The third kappa shape index (κ3) is 5.24. The van der Waals surface area contributed by atoms with Gasteiger partial charge in [-0.05, 0) is 49.3 Å². The summed E-state index contributed by atoms with van der Waals surface area (Å²) in [6, 6.07) is 6.27. The van der Waals surface area contributed by atoms with Gasteiger partial charge in [0.2, 0.25) is 0 Å². The molecule has 1 unspecified atom stereocenters. The summed E-state index contributed by atoms with van der Waals surface area (Å²) < 4.78 is 5.51. The summed E-state index contributed by atoms with van der Waals surface area (Å²) in [4.78, 5) is 7.25. The molecule has 0 amide bonds. The van der Waals surface area contributed by atoms with Crippen LogP contribution < -0.4 is 11.1 Å². The molecule has 0 aromatic heterocycles. The van der Waals surface area contributed by atoms with E-state index in [1.165, 1.54) is 23.3 Å². The van der Waals surface area contributed by atoms with Crippen molar-refractivity contribution in [2.24, 2.45) is 10.7 Å². The first-order valence-electron chi connectivity index (χ1n) is 8.64. The quantitative estimate of drug-likeness (QED) is 0.398. The number of nitrogens with two attached hydrogens (primary N) is 1. The Bertz CT molecular complexity index is 599. The summed E-state index contributed by atoms with van der Waals surface area (Å²) in [7, 11) is 0. The molecule has 7 heteroatoms. The van der Waals surface area contributed by atoms with Crippen LogP contribution in [-0.4, -0.2) is 60.8 Å². The number of guanidine groups is 1. The maximum Gasteiger partial charge on any atom is 0.193 e. The molecular weight excluding hydrogens is 447 g/mol. The van der Waals surface area contributed by atoms with Crippen molar-refractivity contribution in [3.8, 4) is 0 Å². The Labute approximate surface area is 172 Å². The van der Waals surface area contributed by atoms with Crippen LogP contribution in [0.15, 0.2) is 23.2 Å². The molecule has 0 saturated carbocycles. The van der Waals surface area contributed by atoms with Gasteiger partial charge in [0.25, 0.3) is 0 Å². The molecule has 2 aliphatic heterocycles. The van der Waals surface area contributed by atoms with Gasteiger partial charge in [-0.25, -0.2) is 0 Å². The highest BCUT2D eigenvalue weighted by Gasteiger charge is 2.40. The third-order valence-corrected chi connectivity index (χ3v) is 6.32. The van der Waals surface area contributed by atoms with Crippen molar-refractivity contribution in [3.63, 3.8) is 0 Å². The van der Waals surface area contributed by atoms with Gasteiger partial charge in [-0.1, -0.05) is 6.07 Å². The number of aryl methyl sites for hydroxylation is 2. The number of hydrogen-bond acceptors (Lipinski definition) is 4. The highest BCUT2D eigenvalue weighted by molar-refractivity contribution is 14.0. The zero-order valence-corrected chi connectivity index (χ0v) is 18.2. The second-order valence-electron chi connectivity index (χ2n) is 6.75. The second-order valence-corrected chi connectivity index (χ2v) is 7.86. The van der Waals surface area contributed by atoms with Crippen LogP contribution in [0.3, 0.4) is 0 Å². The summed E-state index contributed by atoms with van der Waals surface area (Å²) in [5.74, 6) is 2.84. The van der Waals surface area contributed by atoms with E-state index in [9.17, 15) is 0 Å². The van der Waals surface area contributed by atoms with E-state index in [0.29, 0.717) is 5.96 Å². The van der Waals surface area contributed by atoms with E-state index in [1.54, 1.807) is 0 Å². The number of thioether (sulfide) groups is 1. The van der Waals surface area contributed by atoms with E-state index in [1.807, 2.05) is 17.8 Å². The highest BCUT2D eigenvalue weighted by Crippen LogP contribution is 2.34. The number of halogens is 1. The minimum absolute atomic E-state index is 0. The van der Waals surface area contributed by atoms with E-state index in [0.717, 1.165) is 44.3 Å². The fourth-order valence-electron chi connectivity index (χ4n) is 3.35. The molecule has 3 rings (SSSR count). The molecule has 2 heterocycles. The largest absolute Gasteiger partial charge is 0.379 e. The SMILES string of the molecule is Cc1ccc(NC(N)=NCC2(N3CCOCC3)CCSC2)cc1C.I. The Hall–Kier alpha value is -0.510. The van der Waals surface area contributed by atoms with Crippen LogP contribution in [0.1, 0.15) is 17.5 Å². The molecule has 2 fully saturated rings. The van der Waals surface area contributed by atoms with Crippen molar-refractivity contribution in [2.75, 3.05) is 49.7 Å². The maximum absolute atomic E-state index is 6.15. The fourth-order valence-corrected chi connectivity index (χ4v) is 4.81. The summed E-state index contributed by atoms with van der Waals surface area (Å²) in [6.45, 7) is 8.63. The van der Waals surface area contributed by atoms with E-state index >= 15 is 0 Å². The van der Waals surface area contributed by atoms with Gasteiger partial charge >= 0.3 is 0 Å². The molecule has 140 valence electrons. The number of nitrogens with one attached hydrogen (secondary N) is 1. The van der Waals surface area contributed by atoms with Gasteiger partial charge in [0.1, 0.15) is 0 Å². The van der Waals surface area contributed by atoms with Crippen LogP contribution in [0.2, 0.25) is 0 Å². The van der Waals surface area contributed by atoms with Gasteiger partial charge in [0.15, 0.2) is 5.96 Å². The Morgan fingerprint density at radius 3 is 2.72 bits per heavy atom. The fraction of sp³-hybridized carbons (Fsp3) is 0.611. The molecule has 0 aliphatic carbocycles. The van der Waals surface area contributed by atoms with Crippen LogP contribution in [0.5, 0.6) is 0 Å². The Balaban J connectivity index is 0.00000225. The summed E-state index contributed by atoms with van der Waals surface area (Å²) >= 11 is 2.02. The standard InChI is InChI=1S/C18H28N4OS.HI/c1-14-3-4-16(11-15(14)2)21-17(19)20-12-18(5-10-24-13-18)22-6-8-23-9-7-22;/h3-4,11H,5-10,12-13H2,1-2H3,(H3,19,20,21);1H. The van der Waals surface area contributed by atoms with Crippen molar-refractivity contribution in [2.45, 2.75) is 25.8 Å². The zero-order chi connectivity index (χ0) is 17.0. The topological polar surface area (TPSA) is 62.9 Å². The molecule has 2 aliphatic rings. The molecule has 2 saturated heterocycles. The lowest BCUT2D eigenvalue weighted by molar-refractivity contribution is -0.0104. The summed E-state index contributed by atoms with van der Waals surface area (Å²) in [5.41, 5.74) is 9.83. The van der Waals surface area contributed by atoms with E-state index < -0.39 is 0 Å². The monoisotopic (exact) mass is 476 g/mol. The molecule has 1 atom stereocenters. The van der Waals surface area contributed by atoms with Crippen LogP contribution in [0.4, 0.5) is 5.69 Å². The minimum Gasteiger partial charge on any atom is -0.379 e. The van der Waals surface area contributed by atoms with E-state index in [-0.39, 0.29) is 29.5 Å². The maximum atomic E-state index is 6.15. The lowest BCUT2D eigenvalue weighted by Gasteiger charge is -2.42. The highest BCUT2D eigenvalue weighted by atomic mass is 127. The first kappa shape index (κ1) is 20.8. The van der Waals surface area contributed by atoms with Crippen molar-refractivity contribution in [1.82, 2.24) is 4.90 Å². The van der Waals surface area contributed by atoms with Crippen LogP contribution in [-0.2, 0) is 4.74 Å².